The predicted molar refractivity (Wildman–Crippen MR) is 115 cm³/mol. The average molecular weight is 410 g/mol. The highest BCUT2D eigenvalue weighted by Gasteiger charge is 2.56. The summed E-state index contributed by atoms with van der Waals surface area (Å²) < 4.78 is 5.75. The van der Waals surface area contributed by atoms with Crippen LogP contribution < -0.4 is 0 Å². The minimum Gasteiger partial charge on any atom is -0.466 e. The van der Waals surface area contributed by atoms with Crippen molar-refractivity contribution in [2.24, 2.45) is 0 Å². The van der Waals surface area contributed by atoms with E-state index in [2.05, 4.69) is 17.9 Å². The number of carbonyl (C=O) groups is 2. The maximum Gasteiger partial charge on any atom is 0.327 e. The topological polar surface area (TPSA) is 57.0 Å². The van der Waals surface area contributed by atoms with Gasteiger partial charge in [-0.3, -0.25) is 9.69 Å². The molecule has 0 N–H and O–H groups in total. The van der Waals surface area contributed by atoms with Crippen LogP contribution in [0.5, 0.6) is 0 Å². The summed E-state index contributed by atoms with van der Waals surface area (Å²) in [5.74, 6) is 2.31. The Morgan fingerprint density at radius 1 is 1.07 bits per heavy atom. The number of urea groups is 1. The maximum atomic E-state index is 13.3. The van der Waals surface area contributed by atoms with Gasteiger partial charge >= 0.3 is 6.03 Å². The van der Waals surface area contributed by atoms with Crippen molar-refractivity contribution in [3.05, 3.63) is 59.5 Å². The summed E-state index contributed by atoms with van der Waals surface area (Å²) in [4.78, 5) is 31.7. The third-order valence-electron chi connectivity index (χ3n) is 6.80. The summed E-state index contributed by atoms with van der Waals surface area (Å²) in [6, 6.07) is 13.6. The number of piperidine rings is 1. The first-order valence-corrected chi connectivity index (χ1v) is 10.8. The summed E-state index contributed by atoms with van der Waals surface area (Å²) in [6.45, 7) is 7.12. The van der Waals surface area contributed by atoms with Crippen molar-refractivity contribution >= 4 is 11.9 Å². The number of aryl methyl sites for hydroxylation is 1. The molecule has 2 saturated heterocycles. The zero-order chi connectivity index (χ0) is 21.3. The molecular weight excluding hydrogens is 378 g/mol. The normalized spacial score (nSPS) is 20.4. The van der Waals surface area contributed by atoms with Gasteiger partial charge in [-0.05, 0) is 50.4 Å². The van der Waals surface area contributed by atoms with E-state index >= 15 is 0 Å². The molecule has 2 aliphatic heterocycles. The fourth-order valence-corrected chi connectivity index (χ4v) is 4.68. The van der Waals surface area contributed by atoms with E-state index in [1.54, 1.807) is 11.9 Å². The van der Waals surface area contributed by atoms with Gasteiger partial charge in [0.05, 0.1) is 6.54 Å². The molecule has 1 spiro atoms. The molecule has 1 aromatic carbocycles. The van der Waals surface area contributed by atoms with E-state index < -0.39 is 5.54 Å². The Kier molecular flexibility index (Phi) is 5.69. The molecule has 3 amide bonds. The van der Waals surface area contributed by atoms with Crippen molar-refractivity contribution in [2.45, 2.75) is 51.1 Å². The first-order chi connectivity index (χ1) is 14.4. The monoisotopic (exact) mass is 409 g/mol. The molecule has 160 valence electrons. The molecular formula is C24H31N3O3. The van der Waals surface area contributed by atoms with Gasteiger partial charge in [0.1, 0.15) is 17.1 Å². The van der Waals surface area contributed by atoms with E-state index in [9.17, 15) is 9.59 Å². The third kappa shape index (κ3) is 3.76. The summed E-state index contributed by atoms with van der Waals surface area (Å²) in [6.07, 6.45) is 2.39. The SMILES string of the molecule is Cc1ccc(C(C)CCN2CCC3(CC2)C(=O)N(Cc2ccccc2)C(=O)N3C)o1. The van der Waals surface area contributed by atoms with Gasteiger partial charge in [0.25, 0.3) is 5.91 Å². The highest BCUT2D eigenvalue weighted by molar-refractivity contribution is 6.06. The maximum absolute atomic E-state index is 13.3. The molecule has 0 bridgehead atoms. The molecule has 0 saturated carbocycles. The Morgan fingerprint density at radius 3 is 2.40 bits per heavy atom. The van der Waals surface area contributed by atoms with Crippen LogP contribution in [0.25, 0.3) is 0 Å². The van der Waals surface area contributed by atoms with E-state index in [1.807, 2.05) is 43.3 Å². The number of rotatable bonds is 6. The molecule has 6 heteroatoms. The van der Waals surface area contributed by atoms with Crippen LogP contribution in [0.15, 0.2) is 46.9 Å². The van der Waals surface area contributed by atoms with Gasteiger partial charge in [-0.25, -0.2) is 4.79 Å². The molecule has 4 rings (SSSR count). The number of amides is 3. The van der Waals surface area contributed by atoms with Crippen molar-refractivity contribution < 1.29 is 14.0 Å². The zero-order valence-corrected chi connectivity index (χ0v) is 18.1. The molecule has 6 nitrogen and oxygen atoms in total. The smallest absolute Gasteiger partial charge is 0.327 e. The van der Waals surface area contributed by atoms with Gasteiger partial charge in [-0.2, -0.15) is 0 Å². The van der Waals surface area contributed by atoms with Crippen LogP contribution in [-0.4, -0.2) is 58.9 Å². The van der Waals surface area contributed by atoms with Crippen LogP contribution in [0.4, 0.5) is 4.79 Å². The van der Waals surface area contributed by atoms with E-state index in [1.165, 1.54) is 4.90 Å². The molecule has 0 radical (unpaired) electrons. The second kappa shape index (κ2) is 8.26. The summed E-state index contributed by atoms with van der Waals surface area (Å²) in [5, 5.41) is 0. The van der Waals surface area contributed by atoms with Crippen LogP contribution in [-0.2, 0) is 11.3 Å². The van der Waals surface area contributed by atoms with Crippen molar-refractivity contribution in [1.29, 1.82) is 0 Å². The van der Waals surface area contributed by atoms with Crippen molar-refractivity contribution in [1.82, 2.24) is 14.7 Å². The Morgan fingerprint density at radius 2 is 1.77 bits per heavy atom. The number of likely N-dealkylation sites (N-methyl/N-ethyl adjacent to an activating group) is 1. The zero-order valence-electron chi connectivity index (χ0n) is 18.1. The number of benzene rings is 1. The van der Waals surface area contributed by atoms with E-state index in [0.717, 1.165) is 43.1 Å². The lowest BCUT2D eigenvalue weighted by Gasteiger charge is -2.41. The van der Waals surface area contributed by atoms with Gasteiger partial charge in [0, 0.05) is 26.1 Å². The average Bonchev–Trinajstić information content (AvgIpc) is 3.27. The van der Waals surface area contributed by atoms with Crippen LogP contribution in [0, 0.1) is 6.92 Å². The predicted octanol–water partition coefficient (Wildman–Crippen LogP) is 4.01. The fraction of sp³-hybridized carbons (Fsp3) is 0.500. The van der Waals surface area contributed by atoms with Crippen LogP contribution in [0.2, 0.25) is 0 Å². The first-order valence-electron chi connectivity index (χ1n) is 10.8. The molecule has 2 aliphatic rings. The quantitative estimate of drug-likeness (QED) is 0.677. The highest BCUT2D eigenvalue weighted by Crippen LogP contribution is 2.37. The summed E-state index contributed by atoms with van der Waals surface area (Å²) in [5.41, 5.74) is 0.288. The first kappa shape index (κ1) is 20.7. The Balaban J connectivity index is 1.35. The van der Waals surface area contributed by atoms with Gasteiger partial charge in [0.2, 0.25) is 0 Å². The molecule has 2 aromatic rings. The number of nitrogens with zero attached hydrogens (tertiary/aromatic N) is 3. The van der Waals surface area contributed by atoms with E-state index in [4.69, 9.17) is 4.42 Å². The Bertz CT molecular complexity index is 899. The van der Waals surface area contributed by atoms with Gasteiger partial charge in [-0.15, -0.1) is 0 Å². The number of carbonyl (C=O) groups excluding carboxylic acids is 2. The second-order valence-corrected chi connectivity index (χ2v) is 8.73. The third-order valence-corrected chi connectivity index (χ3v) is 6.80. The lowest BCUT2D eigenvalue weighted by molar-refractivity contribution is -0.135. The molecule has 0 aliphatic carbocycles. The number of likely N-dealkylation sites (tertiary alicyclic amines) is 1. The van der Waals surface area contributed by atoms with Crippen LogP contribution in [0.1, 0.15) is 49.2 Å². The fourth-order valence-electron chi connectivity index (χ4n) is 4.68. The number of hydrogen-bond acceptors (Lipinski definition) is 4. The molecule has 1 atom stereocenters. The van der Waals surface area contributed by atoms with Gasteiger partial charge in [-0.1, -0.05) is 37.3 Å². The molecule has 2 fully saturated rings. The summed E-state index contributed by atoms with van der Waals surface area (Å²) >= 11 is 0. The Hall–Kier alpha value is -2.60. The number of hydrogen-bond donors (Lipinski definition) is 0. The molecule has 30 heavy (non-hydrogen) atoms. The number of furan rings is 1. The Labute approximate surface area is 178 Å². The van der Waals surface area contributed by atoms with E-state index in [-0.39, 0.29) is 11.9 Å². The second-order valence-electron chi connectivity index (χ2n) is 8.73. The summed E-state index contributed by atoms with van der Waals surface area (Å²) in [7, 11) is 1.78. The highest BCUT2D eigenvalue weighted by atomic mass is 16.3. The minimum atomic E-state index is -0.688. The van der Waals surface area contributed by atoms with E-state index in [0.29, 0.717) is 25.3 Å². The number of imide groups is 1. The van der Waals surface area contributed by atoms with Crippen LogP contribution >= 0.6 is 0 Å². The largest absolute Gasteiger partial charge is 0.466 e. The van der Waals surface area contributed by atoms with Crippen molar-refractivity contribution in [3.63, 3.8) is 0 Å². The van der Waals surface area contributed by atoms with Crippen molar-refractivity contribution in [2.75, 3.05) is 26.7 Å². The van der Waals surface area contributed by atoms with Crippen LogP contribution in [0.3, 0.4) is 0 Å². The standard InChI is InChI=1S/C24H31N3O3/c1-18(21-10-9-19(2)30-21)11-14-26-15-12-24(13-16-26)22(28)27(23(29)25(24)3)17-20-7-5-4-6-8-20/h4-10,18H,11-17H2,1-3H3. The lowest BCUT2D eigenvalue weighted by Crippen LogP contribution is -2.55. The van der Waals surface area contributed by atoms with Gasteiger partial charge in [0.15, 0.2) is 0 Å². The molecule has 3 heterocycles. The molecule has 1 aromatic heterocycles. The lowest BCUT2D eigenvalue weighted by atomic mass is 9.86. The molecule has 1 unspecified atom stereocenters. The minimum absolute atomic E-state index is 0.0436. The van der Waals surface area contributed by atoms with Gasteiger partial charge < -0.3 is 14.2 Å². The van der Waals surface area contributed by atoms with Crippen molar-refractivity contribution in [3.8, 4) is 0 Å².